The predicted octanol–water partition coefficient (Wildman–Crippen LogP) is 4.98. The van der Waals surface area contributed by atoms with E-state index in [9.17, 15) is 4.79 Å². The first-order chi connectivity index (χ1) is 15.9. The number of ether oxygens (including phenoxy) is 2. The van der Waals surface area contributed by atoms with Gasteiger partial charge in [0.15, 0.2) is 5.69 Å². The second-order valence-electron chi connectivity index (χ2n) is 8.08. The van der Waals surface area contributed by atoms with Gasteiger partial charge >= 0.3 is 0 Å². The smallest absolute Gasteiger partial charge is 0.273 e. The third-order valence-corrected chi connectivity index (χ3v) is 5.80. The summed E-state index contributed by atoms with van der Waals surface area (Å²) in [7, 11) is 3.31. The quantitative estimate of drug-likeness (QED) is 0.443. The molecule has 0 saturated heterocycles. The number of oxazole rings is 1. The fraction of sp³-hybridized carbons (Fsp3) is 0.385. The molecule has 0 unspecified atom stereocenters. The number of benzene rings is 2. The molecule has 7 nitrogen and oxygen atoms in total. The topological polar surface area (TPSA) is 76.8 Å². The van der Waals surface area contributed by atoms with Crippen molar-refractivity contribution in [1.29, 1.82) is 0 Å². The number of aromatic nitrogens is 1. The van der Waals surface area contributed by atoms with E-state index in [1.165, 1.54) is 11.8 Å². The van der Waals surface area contributed by atoms with Gasteiger partial charge in [0.25, 0.3) is 5.91 Å². The molecule has 3 aromatic rings. The minimum absolute atomic E-state index is 0.0615. The first kappa shape index (κ1) is 24.3. The summed E-state index contributed by atoms with van der Waals surface area (Å²) in [4.78, 5) is 19.1. The second kappa shape index (κ2) is 11.5. The Labute approximate surface area is 195 Å². The Morgan fingerprint density at radius 2 is 1.85 bits per heavy atom. The number of nitrogens with one attached hydrogen (secondary N) is 1. The SMILES string of the molecule is CC[C@H](C)NC(=O)c1coc(CN(Cc2cc(OC)ccc2OC)[C@@H](C)c2ccccc2)n1. The van der Waals surface area contributed by atoms with Gasteiger partial charge in [0.05, 0.1) is 20.8 Å². The van der Waals surface area contributed by atoms with Crippen LogP contribution in [-0.4, -0.2) is 36.1 Å². The van der Waals surface area contributed by atoms with Crippen molar-refractivity contribution in [3.8, 4) is 11.5 Å². The molecule has 3 rings (SSSR count). The molecular formula is C26H33N3O4. The molecular weight excluding hydrogens is 418 g/mol. The molecule has 7 heteroatoms. The van der Waals surface area contributed by atoms with E-state index >= 15 is 0 Å². The highest BCUT2D eigenvalue weighted by atomic mass is 16.5. The largest absolute Gasteiger partial charge is 0.497 e. The summed E-state index contributed by atoms with van der Waals surface area (Å²) in [5.41, 5.74) is 2.44. The number of hydrogen-bond acceptors (Lipinski definition) is 6. The zero-order valence-electron chi connectivity index (χ0n) is 20.0. The van der Waals surface area contributed by atoms with E-state index in [4.69, 9.17) is 13.9 Å². The first-order valence-corrected chi connectivity index (χ1v) is 11.2. The van der Waals surface area contributed by atoms with Gasteiger partial charge in [0.2, 0.25) is 5.89 Å². The lowest BCUT2D eigenvalue weighted by atomic mass is 10.1. The average Bonchev–Trinajstić information content (AvgIpc) is 3.32. The molecule has 0 spiro atoms. The Hall–Kier alpha value is -3.32. The van der Waals surface area contributed by atoms with Gasteiger partial charge in [0, 0.05) is 24.2 Å². The Kier molecular flexibility index (Phi) is 8.49. The Morgan fingerprint density at radius 1 is 1.09 bits per heavy atom. The van der Waals surface area contributed by atoms with E-state index in [1.807, 2.05) is 50.2 Å². The monoisotopic (exact) mass is 451 g/mol. The molecule has 176 valence electrons. The molecule has 1 aromatic heterocycles. The summed E-state index contributed by atoms with van der Waals surface area (Å²) in [5, 5.41) is 2.92. The highest BCUT2D eigenvalue weighted by molar-refractivity contribution is 5.92. The molecule has 0 bridgehead atoms. The van der Waals surface area contributed by atoms with E-state index < -0.39 is 0 Å². The van der Waals surface area contributed by atoms with E-state index in [-0.39, 0.29) is 23.7 Å². The van der Waals surface area contributed by atoms with Gasteiger partial charge in [-0.1, -0.05) is 37.3 Å². The second-order valence-corrected chi connectivity index (χ2v) is 8.08. The number of rotatable bonds is 11. The summed E-state index contributed by atoms with van der Waals surface area (Å²) < 4.78 is 16.7. The van der Waals surface area contributed by atoms with Gasteiger partial charge in [-0.15, -0.1) is 0 Å². The van der Waals surface area contributed by atoms with Crippen LogP contribution in [0, 0.1) is 0 Å². The van der Waals surface area contributed by atoms with Gasteiger partial charge in [-0.2, -0.15) is 0 Å². The van der Waals surface area contributed by atoms with Crippen molar-refractivity contribution in [2.75, 3.05) is 14.2 Å². The number of nitrogens with zero attached hydrogens (tertiary/aromatic N) is 2. The number of amides is 1. The minimum atomic E-state index is -0.225. The third-order valence-electron chi connectivity index (χ3n) is 5.80. The predicted molar refractivity (Wildman–Crippen MR) is 127 cm³/mol. The maximum Gasteiger partial charge on any atom is 0.273 e. The van der Waals surface area contributed by atoms with Gasteiger partial charge in [-0.3, -0.25) is 9.69 Å². The lowest BCUT2D eigenvalue weighted by molar-refractivity contribution is 0.0934. The zero-order chi connectivity index (χ0) is 23.8. The Balaban J connectivity index is 1.87. The maximum absolute atomic E-state index is 12.4. The summed E-state index contributed by atoms with van der Waals surface area (Å²) in [6.45, 7) is 7.13. The fourth-order valence-electron chi connectivity index (χ4n) is 3.56. The molecule has 1 amide bonds. The molecule has 0 fully saturated rings. The van der Waals surface area contributed by atoms with Crippen LogP contribution >= 0.6 is 0 Å². The molecule has 2 atom stereocenters. The highest BCUT2D eigenvalue weighted by Crippen LogP contribution is 2.30. The van der Waals surface area contributed by atoms with E-state index in [0.29, 0.717) is 19.0 Å². The van der Waals surface area contributed by atoms with Crippen LogP contribution < -0.4 is 14.8 Å². The first-order valence-electron chi connectivity index (χ1n) is 11.2. The van der Waals surface area contributed by atoms with Crippen LogP contribution in [0.1, 0.15) is 60.7 Å². The molecule has 0 aliphatic carbocycles. The van der Waals surface area contributed by atoms with Crippen LogP contribution in [0.4, 0.5) is 0 Å². The number of carbonyl (C=O) groups excluding carboxylic acids is 1. The fourth-order valence-corrected chi connectivity index (χ4v) is 3.56. The van der Waals surface area contributed by atoms with Crippen LogP contribution in [0.15, 0.2) is 59.2 Å². The van der Waals surface area contributed by atoms with Crippen molar-refractivity contribution < 1.29 is 18.7 Å². The number of hydrogen-bond donors (Lipinski definition) is 1. The van der Waals surface area contributed by atoms with E-state index in [1.54, 1.807) is 14.2 Å². The Morgan fingerprint density at radius 3 is 2.52 bits per heavy atom. The van der Waals surface area contributed by atoms with Crippen molar-refractivity contribution in [3.05, 3.63) is 77.5 Å². The van der Waals surface area contributed by atoms with Gasteiger partial charge in [0.1, 0.15) is 17.8 Å². The summed E-state index contributed by atoms with van der Waals surface area (Å²) in [6, 6.07) is 16.1. The summed E-state index contributed by atoms with van der Waals surface area (Å²) in [5.74, 6) is 1.80. The molecule has 1 N–H and O–H groups in total. The lowest BCUT2D eigenvalue weighted by Gasteiger charge is -2.29. The number of carbonyl (C=O) groups is 1. The molecule has 1 heterocycles. The standard InChI is InChI=1S/C26H33N3O4/c1-6-18(2)27-26(30)23-17-33-25(28-23)16-29(19(3)20-10-8-7-9-11-20)15-21-14-22(31-4)12-13-24(21)32-5/h7-14,17-19H,6,15-16H2,1-5H3,(H,27,30)/t18-,19-/m0/s1. The molecule has 33 heavy (non-hydrogen) atoms. The molecule has 2 aromatic carbocycles. The maximum atomic E-state index is 12.4. The van der Waals surface area contributed by atoms with E-state index in [0.717, 1.165) is 23.5 Å². The van der Waals surface area contributed by atoms with Crippen LogP contribution in [0.2, 0.25) is 0 Å². The van der Waals surface area contributed by atoms with Crippen LogP contribution in [0.25, 0.3) is 0 Å². The summed E-state index contributed by atoms with van der Waals surface area (Å²) in [6.07, 6.45) is 2.27. The molecule has 0 aliphatic heterocycles. The number of methoxy groups -OCH3 is 2. The van der Waals surface area contributed by atoms with Gasteiger partial charge in [-0.25, -0.2) is 4.98 Å². The van der Waals surface area contributed by atoms with Crippen LogP contribution in [0.3, 0.4) is 0 Å². The normalized spacial score (nSPS) is 12.9. The van der Waals surface area contributed by atoms with Crippen molar-refractivity contribution in [3.63, 3.8) is 0 Å². The van der Waals surface area contributed by atoms with Crippen molar-refractivity contribution >= 4 is 5.91 Å². The Bertz CT molecular complexity index is 1040. The molecule has 0 saturated carbocycles. The molecule has 0 aliphatic rings. The van der Waals surface area contributed by atoms with E-state index in [2.05, 4.69) is 34.3 Å². The van der Waals surface area contributed by atoms with Crippen molar-refractivity contribution in [2.45, 2.75) is 52.4 Å². The average molecular weight is 452 g/mol. The lowest BCUT2D eigenvalue weighted by Crippen LogP contribution is -2.32. The van der Waals surface area contributed by atoms with Gasteiger partial charge < -0.3 is 19.2 Å². The highest BCUT2D eigenvalue weighted by Gasteiger charge is 2.22. The van der Waals surface area contributed by atoms with Crippen LogP contribution in [0.5, 0.6) is 11.5 Å². The zero-order valence-corrected chi connectivity index (χ0v) is 20.0. The van der Waals surface area contributed by atoms with Crippen molar-refractivity contribution in [2.24, 2.45) is 0 Å². The molecule has 0 radical (unpaired) electrons. The third kappa shape index (κ3) is 6.35. The minimum Gasteiger partial charge on any atom is -0.497 e. The van der Waals surface area contributed by atoms with Crippen LogP contribution in [-0.2, 0) is 13.1 Å². The summed E-state index contributed by atoms with van der Waals surface area (Å²) >= 11 is 0. The van der Waals surface area contributed by atoms with Crippen molar-refractivity contribution in [1.82, 2.24) is 15.2 Å². The van der Waals surface area contributed by atoms with Gasteiger partial charge in [-0.05, 0) is 44.0 Å².